The standard InChI is InChI=1S/C20H19FN4O/c21-17-7-4-3-6-16(17)20(26)22-15-11-9-14(10-12-15)19-24-23-18-8-2-1-5-13-25(18)19/h3-4,6-7,9-12H,1-2,5,8,13H2,(H,22,26). The van der Waals surface area contributed by atoms with Crippen LogP contribution in [0.3, 0.4) is 0 Å². The Morgan fingerprint density at radius 1 is 1.00 bits per heavy atom. The lowest BCUT2D eigenvalue weighted by Gasteiger charge is -2.09. The monoisotopic (exact) mass is 350 g/mol. The molecule has 0 saturated heterocycles. The first-order chi connectivity index (χ1) is 12.7. The van der Waals surface area contributed by atoms with Crippen LogP contribution in [0, 0.1) is 5.82 Å². The van der Waals surface area contributed by atoms with Crippen molar-refractivity contribution in [2.75, 3.05) is 5.32 Å². The SMILES string of the molecule is O=C(Nc1ccc(-c2nnc3n2CCCCC3)cc1)c1ccccc1F. The van der Waals surface area contributed by atoms with Crippen LogP contribution in [0.2, 0.25) is 0 Å². The minimum Gasteiger partial charge on any atom is -0.322 e. The Morgan fingerprint density at radius 3 is 2.62 bits per heavy atom. The summed E-state index contributed by atoms with van der Waals surface area (Å²) in [6.07, 6.45) is 4.46. The molecule has 0 atom stereocenters. The topological polar surface area (TPSA) is 59.8 Å². The molecule has 5 nitrogen and oxygen atoms in total. The summed E-state index contributed by atoms with van der Waals surface area (Å²) in [7, 11) is 0. The Labute approximate surface area is 150 Å². The Balaban J connectivity index is 1.54. The average Bonchev–Trinajstić information content (AvgIpc) is 2.91. The second-order valence-corrected chi connectivity index (χ2v) is 6.41. The number of rotatable bonds is 3. The summed E-state index contributed by atoms with van der Waals surface area (Å²) < 4.78 is 15.9. The maximum Gasteiger partial charge on any atom is 0.258 e. The summed E-state index contributed by atoms with van der Waals surface area (Å²) in [4.78, 5) is 12.2. The number of carbonyl (C=O) groups excluding carboxylic acids is 1. The molecular formula is C20H19FN4O. The van der Waals surface area contributed by atoms with Crippen LogP contribution < -0.4 is 5.32 Å². The first kappa shape index (κ1) is 16.4. The fourth-order valence-electron chi connectivity index (χ4n) is 3.24. The minimum absolute atomic E-state index is 0.0272. The molecule has 1 amide bonds. The molecule has 1 aliphatic heterocycles. The highest BCUT2D eigenvalue weighted by Crippen LogP contribution is 2.24. The summed E-state index contributed by atoms with van der Waals surface area (Å²) in [6.45, 7) is 0.934. The molecule has 1 aromatic heterocycles. The number of nitrogens with one attached hydrogen (secondary N) is 1. The molecule has 4 rings (SSSR count). The molecule has 0 fully saturated rings. The molecule has 1 N–H and O–H groups in total. The van der Waals surface area contributed by atoms with Gasteiger partial charge in [-0.2, -0.15) is 0 Å². The van der Waals surface area contributed by atoms with E-state index >= 15 is 0 Å². The highest BCUT2D eigenvalue weighted by atomic mass is 19.1. The van der Waals surface area contributed by atoms with Crippen molar-refractivity contribution >= 4 is 11.6 Å². The van der Waals surface area contributed by atoms with Crippen LogP contribution in [-0.2, 0) is 13.0 Å². The first-order valence-corrected chi connectivity index (χ1v) is 8.81. The van der Waals surface area contributed by atoms with Gasteiger partial charge in [-0.25, -0.2) is 4.39 Å². The zero-order chi connectivity index (χ0) is 17.9. The number of anilines is 1. The highest BCUT2D eigenvalue weighted by Gasteiger charge is 2.16. The van der Waals surface area contributed by atoms with Crippen molar-refractivity contribution in [2.24, 2.45) is 0 Å². The lowest BCUT2D eigenvalue weighted by molar-refractivity contribution is 0.102. The van der Waals surface area contributed by atoms with Gasteiger partial charge in [0, 0.05) is 24.2 Å². The fourth-order valence-corrected chi connectivity index (χ4v) is 3.24. The van der Waals surface area contributed by atoms with Crippen molar-refractivity contribution in [3.8, 4) is 11.4 Å². The van der Waals surface area contributed by atoms with Crippen molar-refractivity contribution < 1.29 is 9.18 Å². The largest absolute Gasteiger partial charge is 0.322 e. The van der Waals surface area contributed by atoms with Gasteiger partial charge in [0.05, 0.1) is 5.56 Å². The van der Waals surface area contributed by atoms with Gasteiger partial charge in [0.25, 0.3) is 5.91 Å². The highest BCUT2D eigenvalue weighted by molar-refractivity contribution is 6.04. The molecule has 3 aromatic rings. The van der Waals surface area contributed by atoms with Crippen LogP contribution in [0.25, 0.3) is 11.4 Å². The molecule has 0 saturated carbocycles. The maximum absolute atomic E-state index is 13.7. The van der Waals surface area contributed by atoms with Gasteiger partial charge in [0.1, 0.15) is 11.6 Å². The summed E-state index contributed by atoms with van der Waals surface area (Å²) in [5, 5.41) is 11.4. The number of aromatic nitrogens is 3. The fraction of sp³-hybridized carbons (Fsp3) is 0.250. The van der Waals surface area contributed by atoms with E-state index in [2.05, 4.69) is 20.1 Å². The van der Waals surface area contributed by atoms with Gasteiger partial charge >= 0.3 is 0 Å². The predicted octanol–water partition coefficient (Wildman–Crippen LogP) is 4.06. The summed E-state index contributed by atoms with van der Waals surface area (Å²) in [6, 6.07) is 13.3. The van der Waals surface area contributed by atoms with E-state index < -0.39 is 11.7 Å². The summed E-state index contributed by atoms with van der Waals surface area (Å²) in [5.41, 5.74) is 1.59. The summed E-state index contributed by atoms with van der Waals surface area (Å²) in [5.74, 6) is 0.892. The molecular weight excluding hydrogens is 331 g/mol. The Morgan fingerprint density at radius 2 is 1.81 bits per heavy atom. The lowest BCUT2D eigenvalue weighted by atomic mass is 10.1. The zero-order valence-corrected chi connectivity index (χ0v) is 14.3. The van der Waals surface area contributed by atoms with Gasteiger partial charge in [-0.15, -0.1) is 10.2 Å². The van der Waals surface area contributed by atoms with Crippen LogP contribution in [0.15, 0.2) is 48.5 Å². The van der Waals surface area contributed by atoms with Crippen molar-refractivity contribution in [3.05, 3.63) is 65.7 Å². The number of carbonyl (C=O) groups is 1. The van der Waals surface area contributed by atoms with Gasteiger partial charge in [-0.3, -0.25) is 4.79 Å². The minimum atomic E-state index is -0.534. The number of amides is 1. The molecule has 1 aliphatic rings. The van der Waals surface area contributed by atoms with Crippen LogP contribution in [-0.4, -0.2) is 20.7 Å². The van der Waals surface area contributed by atoms with Crippen molar-refractivity contribution in [1.29, 1.82) is 0 Å². The lowest BCUT2D eigenvalue weighted by Crippen LogP contribution is -2.13. The van der Waals surface area contributed by atoms with Gasteiger partial charge < -0.3 is 9.88 Å². The van der Waals surface area contributed by atoms with Crippen molar-refractivity contribution in [1.82, 2.24) is 14.8 Å². The molecule has 0 unspecified atom stereocenters. The number of nitrogens with zero attached hydrogens (tertiary/aromatic N) is 3. The van der Waals surface area contributed by atoms with E-state index in [9.17, 15) is 9.18 Å². The van der Waals surface area contributed by atoms with E-state index in [0.29, 0.717) is 5.69 Å². The maximum atomic E-state index is 13.7. The molecule has 6 heteroatoms. The molecule has 0 aliphatic carbocycles. The normalized spacial score (nSPS) is 13.7. The number of halogens is 1. The second-order valence-electron chi connectivity index (χ2n) is 6.41. The zero-order valence-electron chi connectivity index (χ0n) is 14.3. The third-order valence-corrected chi connectivity index (χ3v) is 4.63. The third kappa shape index (κ3) is 3.22. The van der Waals surface area contributed by atoms with Crippen LogP contribution >= 0.6 is 0 Å². The Hall–Kier alpha value is -3.02. The van der Waals surface area contributed by atoms with Crippen LogP contribution in [0.4, 0.5) is 10.1 Å². The molecule has 0 radical (unpaired) electrons. The number of fused-ring (bicyclic) bond motifs is 1. The van der Waals surface area contributed by atoms with Gasteiger partial charge in [-0.05, 0) is 49.2 Å². The van der Waals surface area contributed by atoms with Gasteiger partial charge in [0.15, 0.2) is 5.82 Å². The molecule has 26 heavy (non-hydrogen) atoms. The second kappa shape index (κ2) is 7.07. The van der Waals surface area contributed by atoms with Crippen LogP contribution in [0.5, 0.6) is 0 Å². The van der Waals surface area contributed by atoms with E-state index in [1.807, 2.05) is 12.1 Å². The van der Waals surface area contributed by atoms with E-state index in [1.54, 1.807) is 24.3 Å². The number of aryl methyl sites for hydroxylation is 1. The molecule has 132 valence electrons. The number of hydrogen-bond acceptors (Lipinski definition) is 3. The molecule has 0 spiro atoms. The van der Waals surface area contributed by atoms with E-state index in [1.165, 1.54) is 18.6 Å². The molecule has 2 heterocycles. The smallest absolute Gasteiger partial charge is 0.258 e. The van der Waals surface area contributed by atoms with Crippen molar-refractivity contribution in [3.63, 3.8) is 0 Å². The van der Waals surface area contributed by atoms with Gasteiger partial charge in [-0.1, -0.05) is 18.6 Å². The van der Waals surface area contributed by atoms with E-state index in [0.717, 1.165) is 43.0 Å². The third-order valence-electron chi connectivity index (χ3n) is 4.63. The first-order valence-electron chi connectivity index (χ1n) is 8.81. The van der Waals surface area contributed by atoms with E-state index in [-0.39, 0.29) is 5.56 Å². The summed E-state index contributed by atoms with van der Waals surface area (Å²) >= 11 is 0. The quantitative estimate of drug-likeness (QED) is 0.775. The number of hydrogen-bond donors (Lipinski definition) is 1. The average molecular weight is 350 g/mol. The molecule has 2 aromatic carbocycles. The predicted molar refractivity (Wildman–Crippen MR) is 97.4 cm³/mol. The number of benzene rings is 2. The molecule has 0 bridgehead atoms. The van der Waals surface area contributed by atoms with E-state index in [4.69, 9.17) is 0 Å². The Bertz CT molecular complexity index is 933. The Kier molecular flexibility index (Phi) is 4.48. The van der Waals surface area contributed by atoms with Crippen LogP contribution in [0.1, 0.15) is 35.4 Å². The van der Waals surface area contributed by atoms with Gasteiger partial charge in [0.2, 0.25) is 0 Å². The van der Waals surface area contributed by atoms with Crippen molar-refractivity contribution in [2.45, 2.75) is 32.2 Å².